The maximum Gasteiger partial charge on any atom is 0.159 e. The topological polar surface area (TPSA) is 26.3 Å². The van der Waals surface area contributed by atoms with Crippen LogP contribution < -0.4 is 4.74 Å². The summed E-state index contributed by atoms with van der Waals surface area (Å²) in [6, 6.07) is 6.35. The van der Waals surface area contributed by atoms with E-state index in [1.54, 1.807) is 6.92 Å². The molecule has 1 aromatic rings. The van der Waals surface area contributed by atoms with Gasteiger partial charge in [0.2, 0.25) is 0 Å². The molecule has 20 heavy (non-hydrogen) atoms. The zero-order valence-corrected chi connectivity index (χ0v) is 13.2. The van der Waals surface area contributed by atoms with Crippen LogP contribution in [0.15, 0.2) is 29.5 Å². The highest BCUT2D eigenvalue weighted by molar-refractivity contribution is 5.94. The van der Waals surface area contributed by atoms with Crippen molar-refractivity contribution < 1.29 is 9.53 Å². The molecule has 0 amide bonds. The third kappa shape index (κ3) is 2.95. The molecule has 0 spiro atoms. The minimum Gasteiger partial charge on any atom is -0.461 e. The SMILES string of the molecule is CCCC1=C(C(C)=O)Cc2cc(C(C)(C)C)ccc2O1. The first-order chi connectivity index (χ1) is 9.32. The van der Waals surface area contributed by atoms with Crippen molar-refractivity contribution in [1.29, 1.82) is 0 Å². The summed E-state index contributed by atoms with van der Waals surface area (Å²) in [7, 11) is 0. The summed E-state index contributed by atoms with van der Waals surface area (Å²) in [4.78, 5) is 11.8. The zero-order valence-electron chi connectivity index (χ0n) is 13.2. The van der Waals surface area contributed by atoms with Crippen molar-refractivity contribution in [3.63, 3.8) is 0 Å². The lowest BCUT2D eigenvalue weighted by Crippen LogP contribution is -2.17. The molecule has 2 heteroatoms. The van der Waals surface area contributed by atoms with Crippen LogP contribution in [-0.4, -0.2) is 5.78 Å². The second-order valence-corrected chi connectivity index (χ2v) is 6.56. The molecule has 0 atom stereocenters. The predicted octanol–water partition coefficient (Wildman–Crippen LogP) is 4.56. The van der Waals surface area contributed by atoms with Crippen molar-refractivity contribution in [3.05, 3.63) is 40.7 Å². The fraction of sp³-hybridized carbons (Fsp3) is 0.500. The Bertz CT molecular complexity index is 559. The van der Waals surface area contributed by atoms with Gasteiger partial charge in [-0.05, 0) is 36.0 Å². The van der Waals surface area contributed by atoms with E-state index < -0.39 is 0 Å². The number of hydrogen-bond acceptors (Lipinski definition) is 2. The quantitative estimate of drug-likeness (QED) is 0.806. The van der Waals surface area contributed by atoms with Gasteiger partial charge in [-0.2, -0.15) is 0 Å². The monoisotopic (exact) mass is 272 g/mol. The molecule has 1 aromatic carbocycles. The number of benzene rings is 1. The van der Waals surface area contributed by atoms with E-state index in [2.05, 4.69) is 39.8 Å². The highest BCUT2D eigenvalue weighted by Gasteiger charge is 2.24. The molecule has 108 valence electrons. The smallest absolute Gasteiger partial charge is 0.159 e. The summed E-state index contributed by atoms with van der Waals surface area (Å²) in [5, 5.41) is 0. The number of ether oxygens (including phenoxy) is 1. The van der Waals surface area contributed by atoms with Crippen molar-refractivity contribution in [2.24, 2.45) is 0 Å². The van der Waals surface area contributed by atoms with Crippen LogP contribution in [0.4, 0.5) is 0 Å². The largest absolute Gasteiger partial charge is 0.461 e. The molecule has 0 saturated carbocycles. The first-order valence-corrected chi connectivity index (χ1v) is 7.37. The fourth-order valence-corrected chi connectivity index (χ4v) is 2.52. The molecule has 0 saturated heterocycles. The van der Waals surface area contributed by atoms with Crippen LogP contribution in [0.3, 0.4) is 0 Å². The van der Waals surface area contributed by atoms with Gasteiger partial charge in [-0.25, -0.2) is 0 Å². The number of fused-ring (bicyclic) bond motifs is 1. The van der Waals surface area contributed by atoms with E-state index in [-0.39, 0.29) is 11.2 Å². The molecule has 2 rings (SSSR count). The van der Waals surface area contributed by atoms with Crippen LogP contribution in [0.1, 0.15) is 58.6 Å². The molecule has 1 aliphatic heterocycles. The second kappa shape index (κ2) is 5.43. The standard InChI is InChI=1S/C18H24O2/c1-6-7-17-15(12(2)19)11-13-10-14(18(3,4)5)8-9-16(13)20-17/h8-10H,6-7,11H2,1-5H3. The van der Waals surface area contributed by atoms with Gasteiger partial charge in [0, 0.05) is 18.4 Å². The summed E-state index contributed by atoms with van der Waals surface area (Å²) in [6.45, 7) is 10.3. The summed E-state index contributed by atoms with van der Waals surface area (Å²) in [5.74, 6) is 1.89. The lowest BCUT2D eigenvalue weighted by molar-refractivity contribution is -0.113. The highest BCUT2D eigenvalue weighted by atomic mass is 16.5. The van der Waals surface area contributed by atoms with Crippen molar-refractivity contribution in [2.45, 2.75) is 59.3 Å². The van der Waals surface area contributed by atoms with Crippen LogP contribution >= 0.6 is 0 Å². The number of carbonyl (C=O) groups is 1. The molecule has 1 heterocycles. The number of rotatable bonds is 3. The molecule has 0 radical (unpaired) electrons. The number of carbonyl (C=O) groups excluding carboxylic acids is 1. The molecule has 0 bridgehead atoms. The first kappa shape index (κ1) is 14.8. The maximum absolute atomic E-state index is 11.8. The molecule has 0 N–H and O–H groups in total. The number of hydrogen-bond donors (Lipinski definition) is 0. The Morgan fingerprint density at radius 3 is 2.55 bits per heavy atom. The van der Waals surface area contributed by atoms with E-state index >= 15 is 0 Å². The van der Waals surface area contributed by atoms with Gasteiger partial charge in [0.15, 0.2) is 5.78 Å². The van der Waals surface area contributed by atoms with Gasteiger partial charge in [-0.3, -0.25) is 4.79 Å². The van der Waals surface area contributed by atoms with E-state index in [0.29, 0.717) is 6.42 Å². The van der Waals surface area contributed by atoms with Crippen molar-refractivity contribution in [3.8, 4) is 5.75 Å². The van der Waals surface area contributed by atoms with E-state index in [1.807, 2.05) is 6.07 Å². The number of ketones is 1. The Hall–Kier alpha value is -1.57. The van der Waals surface area contributed by atoms with Crippen LogP contribution in [-0.2, 0) is 16.6 Å². The molecular formula is C18H24O2. The number of Topliss-reactive ketones (excluding diaryl/α,β-unsaturated/α-hetero) is 1. The lowest BCUT2D eigenvalue weighted by atomic mass is 9.84. The van der Waals surface area contributed by atoms with E-state index in [4.69, 9.17) is 4.74 Å². The molecule has 0 fully saturated rings. The van der Waals surface area contributed by atoms with Crippen molar-refractivity contribution >= 4 is 5.78 Å². The van der Waals surface area contributed by atoms with Crippen LogP contribution in [0.2, 0.25) is 0 Å². The van der Waals surface area contributed by atoms with Crippen LogP contribution in [0.5, 0.6) is 5.75 Å². The maximum atomic E-state index is 11.8. The van der Waals surface area contributed by atoms with Gasteiger partial charge in [0.25, 0.3) is 0 Å². The normalized spacial score (nSPS) is 14.8. The van der Waals surface area contributed by atoms with Crippen LogP contribution in [0, 0.1) is 0 Å². The summed E-state index contributed by atoms with van der Waals surface area (Å²) in [5.41, 5.74) is 3.35. The molecule has 1 aliphatic rings. The van der Waals surface area contributed by atoms with Gasteiger partial charge in [0.05, 0.1) is 0 Å². The van der Waals surface area contributed by atoms with Gasteiger partial charge >= 0.3 is 0 Å². The summed E-state index contributed by atoms with van der Waals surface area (Å²) in [6.07, 6.45) is 2.51. The zero-order chi connectivity index (χ0) is 14.9. The van der Waals surface area contributed by atoms with Gasteiger partial charge in [-0.15, -0.1) is 0 Å². The molecule has 0 unspecified atom stereocenters. The Morgan fingerprint density at radius 2 is 2.00 bits per heavy atom. The Labute approximate surface area is 121 Å². The van der Waals surface area contributed by atoms with Gasteiger partial charge in [-0.1, -0.05) is 39.8 Å². The van der Waals surface area contributed by atoms with Crippen LogP contribution in [0.25, 0.3) is 0 Å². The molecule has 0 aromatic heterocycles. The van der Waals surface area contributed by atoms with Gasteiger partial charge < -0.3 is 4.74 Å². The van der Waals surface area contributed by atoms with Crippen molar-refractivity contribution in [1.82, 2.24) is 0 Å². The summed E-state index contributed by atoms with van der Waals surface area (Å²) >= 11 is 0. The van der Waals surface area contributed by atoms with E-state index in [9.17, 15) is 4.79 Å². The second-order valence-electron chi connectivity index (χ2n) is 6.56. The predicted molar refractivity (Wildman–Crippen MR) is 82.1 cm³/mol. The van der Waals surface area contributed by atoms with E-state index in [0.717, 1.165) is 35.5 Å². The van der Waals surface area contributed by atoms with Gasteiger partial charge in [0.1, 0.15) is 11.5 Å². The molecular weight excluding hydrogens is 248 g/mol. The third-order valence-electron chi connectivity index (χ3n) is 3.77. The Morgan fingerprint density at radius 1 is 1.30 bits per heavy atom. The fourth-order valence-electron chi connectivity index (χ4n) is 2.52. The molecule has 0 aliphatic carbocycles. The van der Waals surface area contributed by atoms with E-state index in [1.165, 1.54) is 5.56 Å². The average molecular weight is 272 g/mol. The Balaban J connectivity index is 2.40. The lowest BCUT2D eigenvalue weighted by Gasteiger charge is -2.26. The Kier molecular flexibility index (Phi) is 4.03. The third-order valence-corrected chi connectivity index (χ3v) is 3.77. The number of allylic oxidation sites excluding steroid dienone is 2. The minimum atomic E-state index is 0.110. The molecule has 2 nitrogen and oxygen atoms in total. The van der Waals surface area contributed by atoms with Crippen molar-refractivity contribution in [2.75, 3.05) is 0 Å². The average Bonchev–Trinajstić information content (AvgIpc) is 2.36. The highest BCUT2D eigenvalue weighted by Crippen LogP contribution is 2.35. The first-order valence-electron chi connectivity index (χ1n) is 7.37. The summed E-state index contributed by atoms with van der Waals surface area (Å²) < 4.78 is 5.97. The minimum absolute atomic E-state index is 0.110.